The van der Waals surface area contributed by atoms with E-state index in [0.29, 0.717) is 18.0 Å². The summed E-state index contributed by atoms with van der Waals surface area (Å²) < 4.78 is 0. The molecule has 2 bridgehead atoms. The summed E-state index contributed by atoms with van der Waals surface area (Å²) in [5.41, 5.74) is -0.378. The van der Waals surface area contributed by atoms with Crippen LogP contribution in [-0.4, -0.2) is 22.8 Å². The minimum Gasteiger partial charge on any atom is -0.390 e. The highest BCUT2D eigenvalue weighted by Gasteiger charge is 2.43. The molecule has 2 nitrogen and oxygen atoms in total. The van der Waals surface area contributed by atoms with Crippen LogP contribution in [0.15, 0.2) is 0 Å². The number of piperidine rings is 1. The smallest absolute Gasteiger partial charge is 0.0700 e. The van der Waals surface area contributed by atoms with E-state index in [2.05, 4.69) is 19.2 Å². The van der Waals surface area contributed by atoms with Gasteiger partial charge in [0.05, 0.1) is 5.60 Å². The van der Waals surface area contributed by atoms with E-state index in [4.69, 9.17) is 0 Å². The number of fused-ring (bicyclic) bond motifs is 2. The molecule has 70 valence electrons. The van der Waals surface area contributed by atoms with Gasteiger partial charge in [-0.15, -0.1) is 0 Å². The monoisotopic (exact) mass is 169 g/mol. The highest BCUT2D eigenvalue weighted by atomic mass is 16.3. The number of hydrogen-bond donors (Lipinski definition) is 2. The molecule has 0 unspecified atom stereocenters. The van der Waals surface area contributed by atoms with Gasteiger partial charge in [0, 0.05) is 12.1 Å². The first kappa shape index (κ1) is 8.52. The quantitative estimate of drug-likeness (QED) is 0.620. The SMILES string of the molecule is CC(C)[C@]1(O)C[C@H]2CC[C@@H](C1)N2. The molecular weight excluding hydrogens is 150 g/mol. The third-order valence-electron chi connectivity index (χ3n) is 3.61. The molecule has 2 N–H and O–H groups in total. The summed E-state index contributed by atoms with van der Waals surface area (Å²) in [4.78, 5) is 0. The topological polar surface area (TPSA) is 32.3 Å². The van der Waals surface area contributed by atoms with Crippen molar-refractivity contribution in [3.8, 4) is 0 Å². The molecule has 0 aromatic rings. The van der Waals surface area contributed by atoms with Gasteiger partial charge >= 0.3 is 0 Å². The molecule has 0 saturated carbocycles. The van der Waals surface area contributed by atoms with Gasteiger partial charge in [0.2, 0.25) is 0 Å². The zero-order chi connectivity index (χ0) is 8.77. The van der Waals surface area contributed by atoms with Crippen LogP contribution in [0.4, 0.5) is 0 Å². The van der Waals surface area contributed by atoms with Crippen LogP contribution in [0.25, 0.3) is 0 Å². The van der Waals surface area contributed by atoms with Crippen LogP contribution in [0, 0.1) is 5.92 Å². The van der Waals surface area contributed by atoms with Crippen molar-refractivity contribution < 1.29 is 5.11 Å². The highest BCUT2D eigenvalue weighted by molar-refractivity contribution is 5.00. The zero-order valence-electron chi connectivity index (χ0n) is 8.01. The normalized spacial score (nSPS) is 47.0. The molecule has 2 fully saturated rings. The van der Waals surface area contributed by atoms with E-state index in [0.717, 1.165) is 12.8 Å². The maximum absolute atomic E-state index is 10.3. The average Bonchev–Trinajstić information content (AvgIpc) is 2.30. The van der Waals surface area contributed by atoms with Crippen molar-refractivity contribution >= 4 is 0 Å². The molecule has 2 heteroatoms. The lowest BCUT2D eigenvalue weighted by molar-refractivity contribution is -0.0457. The predicted octanol–water partition coefficient (Wildman–Crippen LogP) is 1.29. The first-order valence-corrected chi connectivity index (χ1v) is 5.08. The van der Waals surface area contributed by atoms with Crippen LogP contribution < -0.4 is 5.32 Å². The predicted molar refractivity (Wildman–Crippen MR) is 49.0 cm³/mol. The van der Waals surface area contributed by atoms with Crippen LogP contribution in [0.5, 0.6) is 0 Å². The molecule has 0 aliphatic carbocycles. The molecule has 2 heterocycles. The molecule has 3 atom stereocenters. The lowest BCUT2D eigenvalue weighted by Crippen LogP contribution is -2.51. The third kappa shape index (κ3) is 1.27. The zero-order valence-corrected chi connectivity index (χ0v) is 8.01. The van der Waals surface area contributed by atoms with Gasteiger partial charge in [-0.25, -0.2) is 0 Å². The van der Waals surface area contributed by atoms with Crippen molar-refractivity contribution in [3.63, 3.8) is 0 Å². The van der Waals surface area contributed by atoms with Crippen LogP contribution in [0.2, 0.25) is 0 Å². The molecular formula is C10H19NO. The van der Waals surface area contributed by atoms with E-state index in [1.165, 1.54) is 12.8 Å². The summed E-state index contributed by atoms with van der Waals surface area (Å²) in [6, 6.07) is 1.19. The Bertz CT molecular complexity index is 167. The van der Waals surface area contributed by atoms with Crippen LogP contribution in [0.3, 0.4) is 0 Å². The Kier molecular flexibility index (Phi) is 1.92. The van der Waals surface area contributed by atoms with Crippen molar-refractivity contribution in [2.45, 2.75) is 57.2 Å². The van der Waals surface area contributed by atoms with E-state index in [1.807, 2.05) is 0 Å². The fraction of sp³-hybridized carbons (Fsp3) is 1.00. The summed E-state index contributed by atoms with van der Waals surface area (Å²) in [7, 11) is 0. The number of hydrogen-bond acceptors (Lipinski definition) is 2. The van der Waals surface area contributed by atoms with Crippen LogP contribution in [-0.2, 0) is 0 Å². The van der Waals surface area contributed by atoms with E-state index >= 15 is 0 Å². The van der Waals surface area contributed by atoms with Crippen molar-refractivity contribution in [2.75, 3.05) is 0 Å². The molecule has 0 aromatic carbocycles. The van der Waals surface area contributed by atoms with Crippen molar-refractivity contribution in [3.05, 3.63) is 0 Å². The molecule has 2 aliphatic heterocycles. The Morgan fingerprint density at radius 2 is 1.75 bits per heavy atom. The van der Waals surface area contributed by atoms with Crippen LogP contribution >= 0.6 is 0 Å². The first-order chi connectivity index (χ1) is 5.60. The Morgan fingerprint density at radius 1 is 1.25 bits per heavy atom. The average molecular weight is 169 g/mol. The van der Waals surface area contributed by atoms with E-state index in [-0.39, 0.29) is 5.60 Å². The second-order valence-corrected chi connectivity index (χ2v) is 4.80. The standard InChI is InChI=1S/C10H19NO/c1-7(2)10(12)5-8-3-4-9(6-10)11-8/h7-9,11-12H,3-6H2,1-2H3/t8-,9+,10+. The maximum atomic E-state index is 10.3. The summed E-state index contributed by atoms with van der Waals surface area (Å²) in [6.07, 6.45) is 4.45. The van der Waals surface area contributed by atoms with Gasteiger partial charge in [0.1, 0.15) is 0 Å². The van der Waals surface area contributed by atoms with Crippen molar-refractivity contribution in [1.82, 2.24) is 5.32 Å². The summed E-state index contributed by atoms with van der Waals surface area (Å²) in [6.45, 7) is 4.26. The number of rotatable bonds is 1. The Hall–Kier alpha value is -0.0800. The lowest BCUT2D eigenvalue weighted by Gasteiger charge is -2.40. The molecule has 2 aliphatic rings. The van der Waals surface area contributed by atoms with Crippen molar-refractivity contribution in [1.29, 1.82) is 0 Å². The van der Waals surface area contributed by atoms with Gasteiger partial charge in [0.25, 0.3) is 0 Å². The largest absolute Gasteiger partial charge is 0.390 e. The minimum absolute atomic E-state index is 0.378. The second-order valence-electron chi connectivity index (χ2n) is 4.80. The fourth-order valence-corrected chi connectivity index (χ4v) is 2.63. The first-order valence-electron chi connectivity index (χ1n) is 5.08. The van der Waals surface area contributed by atoms with Gasteiger partial charge < -0.3 is 10.4 Å². The Labute approximate surface area is 74.4 Å². The van der Waals surface area contributed by atoms with Gasteiger partial charge in [-0.3, -0.25) is 0 Å². The highest BCUT2D eigenvalue weighted by Crippen LogP contribution is 2.38. The summed E-state index contributed by atoms with van der Waals surface area (Å²) >= 11 is 0. The van der Waals surface area contributed by atoms with Gasteiger partial charge in [0.15, 0.2) is 0 Å². The molecule has 0 aromatic heterocycles. The second kappa shape index (κ2) is 2.71. The van der Waals surface area contributed by atoms with Crippen LogP contribution in [0.1, 0.15) is 39.5 Å². The van der Waals surface area contributed by atoms with Crippen molar-refractivity contribution in [2.24, 2.45) is 5.92 Å². The van der Waals surface area contributed by atoms with E-state index in [1.54, 1.807) is 0 Å². The molecule has 0 spiro atoms. The Morgan fingerprint density at radius 3 is 2.17 bits per heavy atom. The summed E-state index contributed by atoms with van der Waals surface area (Å²) in [5, 5.41) is 13.8. The van der Waals surface area contributed by atoms with Gasteiger partial charge in [-0.1, -0.05) is 13.8 Å². The lowest BCUT2D eigenvalue weighted by atomic mass is 9.79. The molecule has 12 heavy (non-hydrogen) atoms. The molecule has 2 rings (SSSR count). The maximum Gasteiger partial charge on any atom is 0.0700 e. The van der Waals surface area contributed by atoms with E-state index < -0.39 is 0 Å². The number of nitrogens with one attached hydrogen (secondary N) is 1. The Balaban J connectivity index is 2.10. The third-order valence-corrected chi connectivity index (χ3v) is 3.61. The fourth-order valence-electron chi connectivity index (χ4n) is 2.63. The van der Waals surface area contributed by atoms with Gasteiger partial charge in [-0.2, -0.15) is 0 Å². The summed E-state index contributed by atoms with van der Waals surface area (Å²) in [5.74, 6) is 0.405. The van der Waals surface area contributed by atoms with Gasteiger partial charge in [-0.05, 0) is 31.6 Å². The molecule has 0 amide bonds. The minimum atomic E-state index is -0.378. The molecule has 2 saturated heterocycles. The molecule has 0 radical (unpaired) electrons. The number of aliphatic hydroxyl groups is 1. The van der Waals surface area contributed by atoms with E-state index in [9.17, 15) is 5.11 Å².